The molecule has 0 aromatic rings. The molecule has 1 rings (SSSR count). The summed E-state index contributed by atoms with van der Waals surface area (Å²) in [6.45, 7) is 1.14. The average Bonchev–Trinajstić information content (AvgIpc) is 1.79. The maximum absolute atomic E-state index is 10.4. The first-order chi connectivity index (χ1) is 4.02. The monoisotopic (exact) mass is 131 g/mol. The van der Waals surface area contributed by atoms with Crippen LogP contribution in [0.25, 0.3) is 0 Å². The third kappa shape index (κ3) is 0.857. The van der Waals surface area contributed by atoms with Gasteiger partial charge in [-0.15, -0.1) is 0 Å². The summed E-state index contributed by atoms with van der Waals surface area (Å²) in [6.07, 6.45) is -0.912. The summed E-state index contributed by atoms with van der Waals surface area (Å²) in [5.41, 5.74) is -1.84. The van der Waals surface area contributed by atoms with Crippen LogP contribution in [0.3, 0.4) is 0 Å². The number of esters is 1. The highest BCUT2D eigenvalue weighted by atomic mass is 16.6. The van der Waals surface area contributed by atoms with E-state index in [9.17, 15) is 9.59 Å². The molecule has 1 fully saturated rings. The highest BCUT2D eigenvalue weighted by molar-refractivity contribution is 5.96. The number of hydrogen-bond acceptors (Lipinski definition) is 4. The Morgan fingerprint density at radius 1 is 1.67 bits per heavy atom. The number of amides is 1. The second-order valence-electron chi connectivity index (χ2n) is 1.87. The molecule has 1 aliphatic heterocycles. The molecule has 1 unspecified atom stereocenters. The number of rotatable bonds is 0. The second kappa shape index (κ2) is 1.44. The van der Waals surface area contributed by atoms with E-state index in [4.69, 9.17) is 5.11 Å². The zero-order chi connectivity index (χ0) is 7.07. The lowest BCUT2D eigenvalue weighted by Gasteiger charge is -2.07. The van der Waals surface area contributed by atoms with Crippen LogP contribution in [0.5, 0.6) is 0 Å². The Bertz CT molecular complexity index is 173. The second-order valence-corrected chi connectivity index (χ2v) is 1.87. The number of cyclic esters (lactones) is 2. The van der Waals surface area contributed by atoms with Crippen molar-refractivity contribution in [1.82, 2.24) is 5.32 Å². The van der Waals surface area contributed by atoms with Gasteiger partial charge in [-0.1, -0.05) is 0 Å². The van der Waals surface area contributed by atoms with Gasteiger partial charge in [-0.3, -0.25) is 5.32 Å². The average molecular weight is 131 g/mol. The molecule has 0 bridgehead atoms. The lowest BCUT2D eigenvalue weighted by Crippen LogP contribution is -2.42. The molecular weight excluding hydrogens is 126 g/mol. The molecule has 50 valence electrons. The molecule has 1 atom stereocenters. The van der Waals surface area contributed by atoms with Crippen LogP contribution in [0.1, 0.15) is 6.92 Å². The SMILES string of the molecule is CC1(O)NC(=O)OC1=O. The van der Waals surface area contributed by atoms with E-state index in [0.29, 0.717) is 0 Å². The first-order valence-corrected chi connectivity index (χ1v) is 2.29. The van der Waals surface area contributed by atoms with Crippen molar-refractivity contribution in [2.75, 3.05) is 0 Å². The molecule has 0 radical (unpaired) electrons. The van der Waals surface area contributed by atoms with Crippen molar-refractivity contribution in [1.29, 1.82) is 0 Å². The van der Waals surface area contributed by atoms with Gasteiger partial charge < -0.3 is 9.84 Å². The first-order valence-electron chi connectivity index (χ1n) is 2.29. The van der Waals surface area contributed by atoms with Crippen molar-refractivity contribution in [3.8, 4) is 0 Å². The van der Waals surface area contributed by atoms with Gasteiger partial charge >= 0.3 is 12.1 Å². The summed E-state index contributed by atoms with van der Waals surface area (Å²) >= 11 is 0. The van der Waals surface area contributed by atoms with Crippen molar-refractivity contribution < 1.29 is 19.4 Å². The number of ether oxygens (including phenoxy) is 1. The van der Waals surface area contributed by atoms with Crippen LogP contribution in [0.2, 0.25) is 0 Å². The number of aliphatic hydroxyl groups is 1. The maximum atomic E-state index is 10.4. The Hall–Kier alpha value is -1.10. The fourth-order valence-corrected chi connectivity index (χ4v) is 0.459. The summed E-state index contributed by atoms with van der Waals surface area (Å²) in [4.78, 5) is 20.5. The molecule has 1 saturated heterocycles. The van der Waals surface area contributed by atoms with E-state index in [2.05, 4.69) is 4.74 Å². The molecule has 5 heteroatoms. The quantitative estimate of drug-likeness (QED) is 0.325. The van der Waals surface area contributed by atoms with Crippen molar-refractivity contribution in [3.63, 3.8) is 0 Å². The van der Waals surface area contributed by atoms with Gasteiger partial charge in [0.15, 0.2) is 0 Å². The van der Waals surface area contributed by atoms with Gasteiger partial charge in [-0.2, -0.15) is 0 Å². The highest BCUT2D eigenvalue weighted by Crippen LogP contribution is 2.08. The topological polar surface area (TPSA) is 75.6 Å². The molecule has 1 amide bonds. The smallest absolute Gasteiger partial charge is 0.373 e. The van der Waals surface area contributed by atoms with Gasteiger partial charge in [0, 0.05) is 0 Å². The Balaban J connectivity index is 2.81. The van der Waals surface area contributed by atoms with Crippen LogP contribution < -0.4 is 5.32 Å². The van der Waals surface area contributed by atoms with Crippen LogP contribution in [-0.4, -0.2) is 22.9 Å². The Morgan fingerprint density at radius 2 is 2.22 bits per heavy atom. The molecular formula is C4H5NO4. The molecule has 0 aromatic carbocycles. The predicted molar refractivity (Wildman–Crippen MR) is 25.2 cm³/mol. The van der Waals surface area contributed by atoms with E-state index in [1.165, 1.54) is 0 Å². The Labute approximate surface area is 50.6 Å². The van der Waals surface area contributed by atoms with Gasteiger partial charge in [-0.25, -0.2) is 9.59 Å². The summed E-state index contributed by atoms with van der Waals surface area (Å²) < 4.78 is 3.94. The molecule has 0 aromatic heterocycles. The molecule has 9 heavy (non-hydrogen) atoms. The summed E-state index contributed by atoms with van der Waals surface area (Å²) in [5, 5.41) is 10.7. The number of alkyl carbamates (subject to hydrolysis) is 1. The largest absolute Gasteiger partial charge is 0.417 e. The van der Waals surface area contributed by atoms with Crippen molar-refractivity contribution in [3.05, 3.63) is 0 Å². The van der Waals surface area contributed by atoms with Gasteiger partial charge in [0.25, 0.3) is 0 Å². The Kier molecular flexibility index (Phi) is 0.967. The standard InChI is InChI=1S/C4H5NO4/c1-4(8)2(6)9-3(7)5-4/h8H,1H3,(H,5,7). The molecule has 0 saturated carbocycles. The Morgan fingerprint density at radius 3 is 2.33 bits per heavy atom. The van der Waals surface area contributed by atoms with Gasteiger partial charge in [0.1, 0.15) is 0 Å². The van der Waals surface area contributed by atoms with Crippen LogP contribution >= 0.6 is 0 Å². The van der Waals surface area contributed by atoms with E-state index in [0.717, 1.165) is 6.92 Å². The molecule has 5 nitrogen and oxygen atoms in total. The molecule has 0 aliphatic carbocycles. The van der Waals surface area contributed by atoms with Gasteiger partial charge in [0.2, 0.25) is 5.72 Å². The summed E-state index contributed by atoms with van der Waals surface area (Å²) in [6, 6.07) is 0. The molecule has 0 spiro atoms. The van der Waals surface area contributed by atoms with E-state index in [1.54, 1.807) is 0 Å². The van der Waals surface area contributed by atoms with Crippen LogP contribution in [0.4, 0.5) is 4.79 Å². The molecule has 1 heterocycles. The number of nitrogens with one attached hydrogen (secondary N) is 1. The normalized spacial score (nSPS) is 34.0. The van der Waals surface area contributed by atoms with E-state index >= 15 is 0 Å². The minimum absolute atomic E-state index is 0.912. The third-order valence-electron chi connectivity index (χ3n) is 0.928. The number of hydrogen-bond donors (Lipinski definition) is 2. The van der Waals surface area contributed by atoms with Gasteiger partial charge in [0.05, 0.1) is 0 Å². The minimum Gasteiger partial charge on any atom is -0.373 e. The first kappa shape index (κ1) is 6.03. The molecule has 1 aliphatic rings. The molecule has 2 N–H and O–H groups in total. The van der Waals surface area contributed by atoms with Crippen LogP contribution in [-0.2, 0) is 9.53 Å². The summed E-state index contributed by atoms with van der Waals surface area (Å²) in [7, 11) is 0. The highest BCUT2D eigenvalue weighted by Gasteiger charge is 2.42. The minimum atomic E-state index is -1.84. The van der Waals surface area contributed by atoms with Crippen molar-refractivity contribution in [2.24, 2.45) is 0 Å². The number of carbonyl (C=O) groups is 2. The van der Waals surface area contributed by atoms with E-state index in [1.807, 2.05) is 5.32 Å². The lowest BCUT2D eigenvalue weighted by atomic mass is 10.3. The predicted octanol–water partition coefficient (Wildman–Crippen LogP) is -1.04. The van der Waals surface area contributed by atoms with Crippen LogP contribution in [0.15, 0.2) is 0 Å². The lowest BCUT2D eigenvalue weighted by molar-refractivity contribution is -0.150. The maximum Gasteiger partial charge on any atom is 0.417 e. The fourth-order valence-electron chi connectivity index (χ4n) is 0.459. The van der Waals surface area contributed by atoms with Gasteiger partial charge in [-0.05, 0) is 6.92 Å². The zero-order valence-corrected chi connectivity index (χ0v) is 4.67. The number of carbonyl (C=O) groups excluding carboxylic acids is 2. The van der Waals surface area contributed by atoms with E-state index < -0.39 is 17.8 Å². The van der Waals surface area contributed by atoms with Crippen molar-refractivity contribution >= 4 is 12.1 Å². The van der Waals surface area contributed by atoms with Crippen LogP contribution in [0, 0.1) is 0 Å². The fraction of sp³-hybridized carbons (Fsp3) is 0.500. The third-order valence-corrected chi connectivity index (χ3v) is 0.928. The van der Waals surface area contributed by atoms with E-state index in [-0.39, 0.29) is 0 Å². The zero-order valence-electron chi connectivity index (χ0n) is 4.67. The summed E-state index contributed by atoms with van der Waals surface area (Å²) in [5.74, 6) is -0.965. The van der Waals surface area contributed by atoms with Crippen molar-refractivity contribution in [2.45, 2.75) is 12.6 Å².